The fourth-order valence-corrected chi connectivity index (χ4v) is 4.27. The Morgan fingerprint density at radius 2 is 1.50 bits per heavy atom. The highest BCUT2D eigenvalue weighted by atomic mass is 127. The zero-order chi connectivity index (χ0) is 11.8. The van der Waals surface area contributed by atoms with E-state index < -0.39 is 0 Å². The van der Waals surface area contributed by atoms with E-state index in [2.05, 4.69) is 52.1 Å². The van der Waals surface area contributed by atoms with Crippen molar-refractivity contribution in [2.45, 2.75) is 79.0 Å². The average molecular weight is 448 g/mol. The summed E-state index contributed by atoms with van der Waals surface area (Å²) in [4.78, 5) is 0. The maximum atomic E-state index is 2.71. The van der Waals surface area contributed by atoms with E-state index in [0.717, 1.165) is 13.8 Å². The molecule has 1 aliphatic rings. The van der Waals surface area contributed by atoms with Gasteiger partial charge in [0.15, 0.2) is 0 Å². The van der Waals surface area contributed by atoms with Crippen molar-refractivity contribution in [3.63, 3.8) is 0 Å². The molecule has 0 spiro atoms. The standard InChI is InChI=1S/C14H26I2/c1-12(15)8-4-2-3-5-11-14(16)13-9-6-7-10-13/h12-14H,2-11H2,1H3. The molecule has 1 rings (SSSR count). The maximum Gasteiger partial charge on any atom is 0.0138 e. The van der Waals surface area contributed by atoms with E-state index in [0.29, 0.717) is 0 Å². The van der Waals surface area contributed by atoms with Gasteiger partial charge >= 0.3 is 0 Å². The molecule has 0 aromatic rings. The number of hydrogen-bond donors (Lipinski definition) is 0. The molecule has 0 heterocycles. The fraction of sp³-hybridized carbons (Fsp3) is 1.00. The second kappa shape index (κ2) is 9.40. The molecule has 96 valence electrons. The molecule has 0 N–H and O–H groups in total. The molecule has 0 aromatic heterocycles. The molecular formula is C14H26I2. The molecule has 0 nitrogen and oxygen atoms in total. The van der Waals surface area contributed by atoms with Crippen LogP contribution in [-0.2, 0) is 0 Å². The molecule has 0 bridgehead atoms. The Kier molecular flexibility index (Phi) is 9.11. The fourth-order valence-electron chi connectivity index (χ4n) is 2.67. The zero-order valence-corrected chi connectivity index (χ0v) is 14.9. The minimum atomic E-state index is 0.869. The third-order valence-electron chi connectivity index (χ3n) is 3.74. The molecule has 1 fully saturated rings. The first-order valence-corrected chi connectivity index (χ1v) is 9.47. The van der Waals surface area contributed by atoms with E-state index >= 15 is 0 Å². The number of rotatable bonds is 8. The van der Waals surface area contributed by atoms with Gasteiger partial charge in [-0.2, -0.15) is 0 Å². The van der Waals surface area contributed by atoms with Crippen molar-refractivity contribution in [1.29, 1.82) is 0 Å². The summed E-state index contributed by atoms with van der Waals surface area (Å²) < 4.78 is 1.84. The molecule has 0 saturated heterocycles. The Hall–Kier alpha value is 1.46. The predicted molar refractivity (Wildman–Crippen MR) is 91.0 cm³/mol. The van der Waals surface area contributed by atoms with E-state index in [4.69, 9.17) is 0 Å². The van der Waals surface area contributed by atoms with Gasteiger partial charge in [-0.05, 0) is 31.6 Å². The van der Waals surface area contributed by atoms with Crippen molar-refractivity contribution in [3.05, 3.63) is 0 Å². The van der Waals surface area contributed by atoms with Crippen LogP contribution in [-0.4, -0.2) is 7.85 Å². The summed E-state index contributed by atoms with van der Waals surface area (Å²) in [6, 6.07) is 0. The summed E-state index contributed by atoms with van der Waals surface area (Å²) in [7, 11) is 0. The quantitative estimate of drug-likeness (QED) is 0.238. The number of halogens is 2. The molecule has 1 aliphatic carbocycles. The normalized spacial score (nSPS) is 21.2. The summed E-state index contributed by atoms with van der Waals surface area (Å²) in [6.07, 6.45) is 14.8. The lowest BCUT2D eigenvalue weighted by Gasteiger charge is -2.16. The van der Waals surface area contributed by atoms with Crippen LogP contribution in [0.15, 0.2) is 0 Å². The molecule has 0 aliphatic heterocycles. The molecule has 2 atom stereocenters. The van der Waals surface area contributed by atoms with Crippen molar-refractivity contribution in [1.82, 2.24) is 0 Å². The molecule has 2 heteroatoms. The van der Waals surface area contributed by atoms with Gasteiger partial charge in [0.1, 0.15) is 0 Å². The molecule has 0 aromatic carbocycles. The lowest BCUT2D eigenvalue weighted by atomic mass is 9.99. The van der Waals surface area contributed by atoms with Crippen LogP contribution in [0.5, 0.6) is 0 Å². The molecular weight excluding hydrogens is 422 g/mol. The Labute approximate surface area is 129 Å². The molecule has 16 heavy (non-hydrogen) atoms. The first-order chi connectivity index (χ1) is 7.70. The van der Waals surface area contributed by atoms with Crippen LogP contribution >= 0.6 is 45.2 Å². The SMILES string of the molecule is CC(I)CCCCCCC(I)C1CCCC1. The molecule has 0 amide bonds. The van der Waals surface area contributed by atoms with Gasteiger partial charge in [0, 0.05) is 7.85 Å². The van der Waals surface area contributed by atoms with Gasteiger partial charge in [0.05, 0.1) is 0 Å². The topological polar surface area (TPSA) is 0 Å². The van der Waals surface area contributed by atoms with Gasteiger partial charge in [-0.25, -0.2) is 0 Å². The van der Waals surface area contributed by atoms with Crippen molar-refractivity contribution in [2.75, 3.05) is 0 Å². The highest BCUT2D eigenvalue weighted by Gasteiger charge is 2.21. The first-order valence-electron chi connectivity index (χ1n) is 6.98. The largest absolute Gasteiger partial charge is 0.0829 e. The Morgan fingerprint density at radius 1 is 0.938 bits per heavy atom. The van der Waals surface area contributed by atoms with Crippen molar-refractivity contribution < 1.29 is 0 Å². The third-order valence-corrected chi connectivity index (χ3v) is 6.01. The van der Waals surface area contributed by atoms with Crippen LogP contribution in [0.25, 0.3) is 0 Å². The minimum Gasteiger partial charge on any atom is -0.0829 e. The van der Waals surface area contributed by atoms with E-state index in [9.17, 15) is 0 Å². The summed E-state index contributed by atoms with van der Waals surface area (Å²) >= 11 is 5.25. The second-order valence-electron chi connectivity index (χ2n) is 5.33. The van der Waals surface area contributed by atoms with E-state index in [-0.39, 0.29) is 0 Å². The third kappa shape index (κ3) is 7.02. The lowest BCUT2D eigenvalue weighted by Crippen LogP contribution is -2.10. The van der Waals surface area contributed by atoms with Crippen molar-refractivity contribution in [3.8, 4) is 0 Å². The Morgan fingerprint density at radius 3 is 2.06 bits per heavy atom. The number of unbranched alkanes of at least 4 members (excludes halogenated alkanes) is 3. The summed E-state index contributed by atoms with van der Waals surface area (Å²) in [5.41, 5.74) is 0. The van der Waals surface area contributed by atoms with Crippen LogP contribution in [0.2, 0.25) is 0 Å². The summed E-state index contributed by atoms with van der Waals surface area (Å²) in [5, 5.41) is 0. The number of alkyl halides is 2. The first kappa shape index (κ1) is 15.5. The van der Waals surface area contributed by atoms with Gasteiger partial charge in [0.25, 0.3) is 0 Å². The zero-order valence-electron chi connectivity index (χ0n) is 10.6. The van der Waals surface area contributed by atoms with E-state index in [1.165, 1.54) is 64.2 Å². The van der Waals surface area contributed by atoms with E-state index in [1.54, 1.807) is 0 Å². The second-order valence-corrected chi connectivity index (χ2v) is 9.06. The molecule has 2 unspecified atom stereocenters. The van der Waals surface area contributed by atoms with Crippen molar-refractivity contribution >= 4 is 45.2 Å². The molecule has 1 saturated carbocycles. The average Bonchev–Trinajstić information content (AvgIpc) is 2.75. The van der Waals surface area contributed by atoms with Gasteiger partial charge in [-0.1, -0.05) is 90.6 Å². The highest BCUT2D eigenvalue weighted by molar-refractivity contribution is 14.1. The van der Waals surface area contributed by atoms with Crippen LogP contribution in [0.4, 0.5) is 0 Å². The summed E-state index contributed by atoms with van der Waals surface area (Å²) in [5.74, 6) is 1.06. The maximum absolute atomic E-state index is 2.71. The lowest BCUT2D eigenvalue weighted by molar-refractivity contribution is 0.489. The van der Waals surface area contributed by atoms with E-state index in [1.807, 2.05) is 0 Å². The highest BCUT2D eigenvalue weighted by Crippen LogP contribution is 2.34. The van der Waals surface area contributed by atoms with Gasteiger partial charge in [-0.15, -0.1) is 0 Å². The molecule has 0 radical (unpaired) electrons. The monoisotopic (exact) mass is 448 g/mol. The summed E-state index contributed by atoms with van der Waals surface area (Å²) in [6.45, 7) is 2.32. The Bertz CT molecular complexity index is 162. The van der Waals surface area contributed by atoms with Crippen LogP contribution in [0.1, 0.15) is 71.1 Å². The van der Waals surface area contributed by atoms with Gasteiger partial charge in [-0.3, -0.25) is 0 Å². The van der Waals surface area contributed by atoms with Gasteiger partial charge in [0.2, 0.25) is 0 Å². The van der Waals surface area contributed by atoms with Crippen molar-refractivity contribution in [2.24, 2.45) is 5.92 Å². The minimum absolute atomic E-state index is 0.869. The van der Waals surface area contributed by atoms with Crippen LogP contribution in [0.3, 0.4) is 0 Å². The number of hydrogen-bond acceptors (Lipinski definition) is 0. The smallest absolute Gasteiger partial charge is 0.0138 e. The predicted octanol–water partition coefficient (Wildman–Crippen LogP) is 6.14. The van der Waals surface area contributed by atoms with Crippen LogP contribution in [0, 0.1) is 5.92 Å². The van der Waals surface area contributed by atoms with Crippen LogP contribution < -0.4 is 0 Å². The van der Waals surface area contributed by atoms with Gasteiger partial charge < -0.3 is 0 Å². The Balaban J connectivity index is 1.90.